The van der Waals surface area contributed by atoms with Crippen LogP contribution in [0.4, 0.5) is 0 Å². The molecule has 0 amide bonds. The van der Waals surface area contributed by atoms with Gasteiger partial charge in [-0.3, -0.25) is 9.00 Å². The van der Waals surface area contributed by atoms with Crippen molar-refractivity contribution in [1.29, 1.82) is 0 Å². The van der Waals surface area contributed by atoms with Crippen LogP contribution < -0.4 is 0 Å². The highest BCUT2D eigenvalue weighted by Crippen LogP contribution is 2.49. The van der Waals surface area contributed by atoms with Crippen molar-refractivity contribution in [3.63, 3.8) is 0 Å². The van der Waals surface area contributed by atoms with E-state index < -0.39 is 10.8 Å². The number of aryl methyl sites for hydroxylation is 1. The number of hydrogen-bond donors (Lipinski definition) is 0. The Morgan fingerprint density at radius 1 is 1.45 bits per heavy atom. The second-order valence-electron chi connectivity index (χ2n) is 5.58. The standard InChI is InChI=1S/C15H19ClO3S/c1-11-3-4-12(13(16)7-11)9-20(18)10-15(5-6-15)8-14(17)19-2/h3-4,7H,5-6,8-10H2,1-2H3. The Kier molecular flexibility index (Phi) is 4.86. The molecule has 0 aliphatic heterocycles. The summed E-state index contributed by atoms with van der Waals surface area (Å²) in [5, 5.41) is 0.663. The van der Waals surface area contributed by atoms with Crippen molar-refractivity contribution in [3.8, 4) is 0 Å². The highest BCUT2D eigenvalue weighted by Gasteiger charge is 2.45. The van der Waals surface area contributed by atoms with Gasteiger partial charge in [-0.2, -0.15) is 0 Å². The van der Waals surface area contributed by atoms with Crippen molar-refractivity contribution in [1.82, 2.24) is 0 Å². The smallest absolute Gasteiger partial charge is 0.306 e. The lowest BCUT2D eigenvalue weighted by molar-refractivity contribution is -0.141. The number of hydrogen-bond acceptors (Lipinski definition) is 3. The Balaban J connectivity index is 1.94. The van der Waals surface area contributed by atoms with E-state index in [9.17, 15) is 9.00 Å². The molecule has 1 unspecified atom stereocenters. The minimum atomic E-state index is -1.01. The van der Waals surface area contributed by atoms with E-state index in [1.54, 1.807) is 0 Å². The maximum atomic E-state index is 12.3. The van der Waals surface area contributed by atoms with Crippen LogP contribution in [0.2, 0.25) is 5.02 Å². The lowest BCUT2D eigenvalue weighted by atomic mass is 10.1. The van der Waals surface area contributed by atoms with Gasteiger partial charge in [0.25, 0.3) is 0 Å². The molecule has 1 fully saturated rings. The number of carbonyl (C=O) groups is 1. The molecule has 3 nitrogen and oxygen atoms in total. The molecule has 0 spiro atoms. The van der Waals surface area contributed by atoms with Gasteiger partial charge >= 0.3 is 5.97 Å². The van der Waals surface area contributed by atoms with Crippen molar-refractivity contribution >= 4 is 28.4 Å². The van der Waals surface area contributed by atoms with Gasteiger partial charge in [0.05, 0.1) is 19.3 Å². The second-order valence-corrected chi connectivity index (χ2v) is 7.44. The summed E-state index contributed by atoms with van der Waals surface area (Å²) in [6.07, 6.45) is 2.28. The van der Waals surface area contributed by atoms with Crippen LogP contribution in [0.15, 0.2) is 18.2 Å². The number of ether oxygens (including phenoxy) is 1. The second kappa shape index (κ2) is 6.27. The summed E-state index contributed by atoms with van der Waals surface area (Å²) in [4.78, 5) is 11.4. The molecule has 0 N–H and O–H groups in total. The number of methoxy groups -OCH3 is 1. The predicted octanol–water partition coefficient (Wildman–Crippen LogP) is 3.24. The maximum Gasteiger partial charge on any atom is 0.306 e. The summed E-state index contributed by atoms with van der Waals surface area (Å²) in [5.74, 6) is 0.779. The molecule has 1 saturated carbocycles. The fraction of sp³-hybridized carbons (Fsp3) is 0.533. The predicted molar refractivity (Wildman–Crippen MR) is 81.2 cm³/mol. The molecule has 2 rings (SSSR count). The molecule has 1 aliphatic carbocycles. The molecule has 20 heavy (non-hydrogen) atoms. The molecule has 5 heteroatoms. The number of rotatable bonds is 6. The van der Waals surface area contributed by atoms with E-state index in [-0.39, 0.29) is 11.4 Å². The molecule has 110 valence electrons. The van der Waals surface area contributed by atoms with Crippen LogP contribution in [0.5, 0.6) is 0 Å². The van der Waals surface area contributed by atoms with E-state index >= 15 is 0 Å². The largest absolute Gasteiger partial charge is 0.469 e. The zero-order valence-electron chi connectivity index (χ0n) is 11.8. The molecule has 0 saturated heterocycles. The molecule has 0 radical (unpaired) electrons. The van der Waals surface area contributed by atoms with E-state index in [0.29, 0.717) is 22.9 Å². The van der Waals surface area contributed by atoms with E-state index in [0.717, 1.165) is 24.0 Å². The third-order valence-corrected chi connectivity index (χ3v) is 5.62. The summed E-state index contributed by atoms with van der Waals surface area (Å²) in [7, 11) is 0.385. The third kappa shape index (κ3) is 4.06. The highest BCUT2D eigenvalue weighted by molar-refractivity contribution is 7.84. The molecule has 1 aromatic carbocycles. The van der Waals surface area contributed by atoms with Crippen molar-refractivity contribution in [2.24, 2.45) is 5.41 Å². The van der Waals surface area contributed by atoms with Crippen LogP contribution in [0.3, 0.4) is 0 Å². The van der Waals surface area contributed by atoms with Crippen molar-refractivity contribution in [2.75, 3.05) is 12.9 Å². The maximum absolute atomic E-state index is 12.3. The van der Waals surface area contributed by atoms with Gasteiger partial charge < -0.3 is 4.74 Å². The first-order valence-electron chi connectivity index (χ1n) is 6.61. The summed E-state index contributed by atoms with van der Waals surface area (Å²) >= 11 is 6.16. The van der Waals surface area contributed by atoms with Gasteiger partial charge in [0.1, 0.15) is 0 Å². The summed E-state index contributed by atoms with van der Waals surface area (Å²) in [6.45, 7) is 1.97. The van der Waals surface area contributed by atoms with Crippen LogP contribution >= 0.6 is 11.6 Å². The quantitative estimate of drug-likeness (QED) is 0.757. The van der Waals surface area contributed by atoms with Crippen molar-refractivity contribution in [2.45, 2.75) is 31.9 Å². The molecular weight excluding hydrogens is 296 g/mol. The molecule has 1 aliphatic rings. The van der Waals surface area contributed by atoms with Gasteiger partial charge in [-0.25, -0.2) is 0 Å². The Hall–Kier alpha value is -0.870. The summed E-state index contributed by atoms with van der Waals surface area (Å²) in [6, 6.07) is 5.78. The van der Waals surface area contributed by atoms with Crippen LogP contribution in [-0.4, -0.2) is 23.0 Å². The van der Waals surface area contributed by atoms with Crippen molar-refractivity contribution in [3.05, 3.63) is 34.3 Å². The first-order chi connectivity index (χ1) is 9.44. The first-order valence-corrected chi connectivity index (χ1v) is 8.47. The molecule has 0 aromatic heterocycles. The van der Waals surface area contributed by atoms with Gasteiger partial charge in [-0.1, -0.05) is 23.7 Å². The average molecular weight is 315 g/mol. The van der Waals surface area contributed by atoms with Crippen LogP contribution in [0.1, 0.15) is 30.4 Å². The lowest BCUT2D eigenvalue weighted by Gasteiger charge is -2.13. The Morgan fingerprint density at radius 2 is 2.15 bits per heavy atom. The number of benzene rings is 1. The summed E-state index contributed by atoms with van der Waals surface area (Å²) in [5.41, 5.74) is 1.90. The van der Waals surface area contributed by atoms with Crippen LogP contribution in [-0.2, 0) is 26.1 Å². The molecule has 1 aromatic rings. The molecule has 1 atom stereocenters. The van der Waals surface area contributed by atoms with Gasteiger partial charge in [-0.15, -0.1) is 0 Å². The SMILES string of the molecule is COC(=O)CC1(CS(=O)Cc2ccc(C)cc2Cl)CC1. The van der Waals surface area contributed by atoms with Crippen LogP contribution in [0.25, 0.3) is 0 Å². The molecular formula is C15H19ClO3S. The zero-order valence-corrected chi connectivity index (χ0v) is 13.4. The number of halogens is 1. The molecule has 0 bridgehead atoms. The lowest BCUT2D eigenvalue weighted by Crippen LogP contribution is -2.18. The Bertz CT molecular complexity index is 538. The Labute approximate surface area is 127 Å². The first kappa shape index (κ1) is 15.5. The Morgan fingerprint density at radius 3 is 2.70 bits per heavy atom. The minimum absolute atomic E-state index is 0.102. The normalized spacial score (nSPS) is 17.6. The van der Waals surface area contributed by atoms with E-state index in [4.69, 9.17) is 16.3 Å². The topological polar surface area (TPSA) is 43.4 Å². The van der Waals surface area contributed by atoms with E-state index in [2.05, 4.69) is 0 Å². The highest BCUT2D eigenvalue weighted by atomic mass is 35.5. The number of carbonyl (C=O) groups excluding carboxylic acids is 1. The fourth-order valence-corrected chi connectivity index (χ4v) is 4.42. The van der Waals surface area contributed by atoms with E-state index in [1.807, 2.05) is 25.1 Å². The monoisotopic (exact) mass is 314 g/mol. The number of esters is 1. The average Bonchev–Trinajstić information content (AvgIpc) is 3.12. The fourth-order valence-electron chi connectivity index (χ4n) is 2.26. The summed E-state index contributed by atoms with van der Waals surface area (Å²) < 4.78 is 17.0. The van der Waals surface area contributed by atoms with Gasteiger partial charge in [0.2, 0.25) is 0 Å². The van der Waals surface area contributed by atoms with Gasteiger partial charge in [0.15, 0.2) is 0 Å². The van der Waals surface area contributed by atoms with Gasteiger partial charge in [-0.05, 0) is 42.4 Å². The van der Waals surface area contributed by atoms with Crippen LogP contribution in [0, 0.1) is 12.3 Å². The van der Waals surface area contributed by atoms with Crippen molar-refractivity contribution < 1.29 is 13.7 Å². The third-order valence-electron chi connectivity index (χ3n) is 3.70. The minimum Gasteiger partial charge on any atom is -0.469 e. The van der Waals surface area contributed by atoms with E-state index in [1.165, 1.54) is 7.11 Å². The zero-order chi connectivity index (χ0) is 14.8. The van der Waals surface area contributed by atoms with Gasteiger partial charge in [0, 0.05) is 21.6 Å². The molecule has 0 heterocycles.